The van der Waals surface area contributed by atoms with E-state index in [2.05, 4.69) is 15.2 Å². The molecular weight excluding hydrogens is 412 g/mol. The van der Waals surface area contributed by atoms with Crippen LogP contribution < -0.4 is 0 Å². The van der Waals surface area contributed by atoms with Gasteiger partial charge in [0, 0.05) is 30.8 Å². The highest BCUT2D eigenvalue weighted by Crippen LogP contribution is 2.39. The summed E-state index contributed by atoms with van der Waals surface area (Å²) in [5.74, 6) is -2.04. The molecule has 2 aromatic carbocycles. The summed E-state index contributed by atoms with van der Waals surface area (Å²) in [6.45, 7) is 1.76. The van der Waals surface area contributed by atoms with Gasteiger partial charge in [0.2, 0.25) is 0 Å². The van der Waals surface area contributed by atoms with E-state index >= 15 is 0 Å². The average Bonchev–Trinajstić information content (AvgIpc) is 3.43. The van der Waals surface area contributed by atoms with Gasteiger partial charge in [0.25, 0.3) is 0 Å². The van der Waals surface area contributed by atoms with Crippen LogP contribution in [0.3, 0.4) is 0 Å². The average molecular weight is 435 g/mol. The molecule has 0 amide bonds. The number of rotatable bonds is 7. The summed E-state index contributed by atoms with van der Waals surface area (Å²) in [5.41, 5.74) is 1.06. The van der Waals surface area contributed by atoms with Crippen LogP contribution in [0.4, 0.5) is 8.78 Å². The molecule has 0 unspecified atom stereocenters. The third-order valence-corrected chi connectivity index (χ3v) is 5.73. The molecule has 0 saturated heterocycles. The topological polar surface area (TPSA) is 68.8 Å². The van der Waals surface area contributed by atoms with Crippen LogP contribution in [0, 0.1) is 11.6 Å². The molecule has 6 nitrogen and oxygen atoms in total. The molecule has 0 aliphatic heterocycles. The van der Waals surface area contributed by atoms with E-state index in [1.54, 1.807) is 17.8 Å². The molecule has 4 rings (SSSR count). The Labute approximate surface area is 184 Å². The molecule has 0 bridgehead atoms. The van der Waals surface area contributed by atoms with E-state index in [0.717, 1.165) is 29.0 Å². The van der Waals surface area contributed by atoms with Gasteiger partial charge in [0.15, 0.2) is 0 Å². The van der Waals surface area contributed by atoms with Crippen LogP contribution in [-0.2, 0) is 19.2 Å². The zero-order chi connectivity index (χ0) is 22.7. The van der Waals surface area contributed by atoms with Crippen LogP contribution in [-0.4, -0.2) is 29.7 Å². The van der Waals surface area contributed by atoms with E-state index in [-0.39, 0.29) is 12.1 Å². The first-order chi connectivity index (χ1) is 15.4. The van der Waals surface area contributed by atoms with E-state index < -0.39 is 23.2 Å². The van der Waals surface area contributed by atoms with Gasteiger partial charge in [-0.25, -0.2) is 18.4 Å². The lowest BCUT2D eigenvalue weighted by Gasteiger charge is -2.35. The second-order valence-corrected chi connectivity index (χ2v) is 7.74. The lowest BCUT2D eigenvalue weighted by atomic mass is 9.78. The zero-order valence-corrected chi connectivity index (χ0v) is 17.7. The molecule has 2 atom stereocenters. The van der Waals surface area contributed by atoms with Gasteiger partial charge in [0.1, 0.15) is 29.9 Å². The summed E-state index contributed by atoms with van der Waals surface area (Å²) in [6.07, 6.45) is 8.45. The molecule has 0 aliphatic rings. The molecule has 0 radical (unpaired) electrons. The number of halogens is 2. The Balaban J connectivity index is 1.65. The molecule has 4 aromatic rings. The van der Waals surface area contributed by atoms with Crippen LogP contribution >= 0.6 is 0 Å². The number of nitrogens with zero attached hydrogens (tertiary/aromatic N) is 5. The first-order valence-electron chi connectivity index (χ1n) is 10.1. The van der Waals surface area contributed by atoms with Crippen molar-refractivity contribution < 1.29 is 13.9 Å². The summed E-state index contributed by atoms with van der Waals surface area (Å²) in [6, 6.07) is 12.7. The highest BCUT2D eigenvalue weighted by Gasteiger charge is 2.39. The Morgan fingerprint density at radius 3 is 2.47 bits per heavy atom. The zero-order valence-electron chi connectivity index (χ0n) is 17.7. The summed E-state index contributed by atoms with van der Waals surface area (Å²) in [7, 11) is 1.87. The molecule has 0 fully saturated rings. The van der Waals surface area contributed by atoms with Crippen LogP contribution in [0.1, 0.15) is 35.2 Å². The Kier molecular flexibility index (Phi) is 5.96. The molecule has 32 heavy (non-hydrogen) atoms. The summed E-state index contributed by atoms with van der Waals surface area (Å²) < 4.78 is 31.4. The quantitative estimate of drug-likeness (QED) is 0.474. The molecule has 164 valence electrons. The standard InChI is InChI=1S/C24H23F2N5O/c1-17(19-6-3-18(4-7-19)5-9-21-11-12-28-30(21)2)24(32,14-31-16-27-15-29-31)22-10-8-20(25)13-23(22)26/h3-13,15-17,32H,14H2,1-2H3/b9-5+/t17-,24+/m0/s1. The fraction of sp³-hybridized carbons (Fsp3) is 0.208. The molecule has 8 heteroatoms. The molecule has 0 saturated carbocycles. The SMILES string of the molecule is C[C@@H](c1ccc(/C=C/c2ccnn2C)cc1)[C@](O)(Cn1cncn1)c1ccc(F)cc1F. The van der Waals surface area contributed by atoms with E-state index in [9.17, 15) is 13.9 Å². The second-order valence-electron chi connectivity index (χ2n) is 7.74. The lowest BCUT2D eigenvalue weighted by Crippen LogP contribution is -2.38. The molecule has 2 aromatic heterocycles. The van der Waals surface area contributed by atoms with Gasteiger partial charge < -0.3 is 5.11 Å². The van der Waals surface area contributed by atoms with Crippen LogP contribution in [0.2, 0.25) is 0 Å². The number of aromatic nitrogens is 5. The van der Waals surface area contributed by atoms with E-state index in [1.165, 1.54) is 23.4 Å². The molecular formula is C24H23F2N5O. The Morgan fingerprint density at radius 2 is 1.84 bits per heavy atom. The maximum atomic E-state index is 14.7. The first-order valence-corrected chi connectivity index (χ1v) is 10.1. The van der Waals surface area contributed by atoms with Crippen LogP contribution in [0.25, 0.3) is 12.2 Å². The third kappa shape index (κ3) is 4.36. The van der Waals surface area contributed by atoms with Crippen molar-refractivity contribution in [3.8, 4) is 0 Å². The predicted molar refractivity (Wildman–Crippen MR) is 117 cm³/mol. The predicted octanol–water partition coefficient (Wildman–Crippen LogP) is 4.15. The van der Waals surface area contributed by atoms with Crippen molar-refractivity contribution in [1.29, 1.82) is 0 Å². The van der Waals surface area contributed by atoms with E-state index in [0.29, 0.717) is 0 Å². The van der Waals surface area contributed by atoms with Gasteiger partial charge in [-0.05, 0) is 29.3 Å². The first kappa shape index (κ1) is 21.6. The number of benzene rings is 2. The van der Waals surface area contributed by atoms with Gasteiger partial charge in [0.05, 0.1) is 12.2 Å². The van der Waals surface area contributed by atoms with Crippen LogP contribution in [0.5, 0.6) is 0 Å². The summed E-state index contributed by atoms with van der Waals surface area (Å²) in [5, 5.41) is 19.9. The highest BCUT2D eigenvalue weighted by molar-refractivity contribution is 5.68. The summed E-state index contributed by atoms with van der Waals surface area (Å²) >= 11 is 0. The maximum Gasteiger partial charge on any atom is 0.137 e. The van der Waals surface area contributed by atoms with Crippen molar-refractivity contribution in [2.75, 3.05) is 0 Å². The second kappa shape index (κ2) is 8.84. The Bertz CT molecular complexity index is 1220. The minimum absolute atomic E-state index is 0.00193. The van der Waals surface area contributed by atoms with Crippen molar-refractivity contribution in [3.05, 3.63) is 101 Å². The van der Waals surface area contributed by atoms with Gasteiger partial charge in [-0.1, -0.05) is 43.3 Å². The summed E-state index contributed by atoms with van der Waals surface area (Å²) in [4.78, 5) is 3.90. The number of aliphatic hydroxyl groups is 1. The fourth-order valence-electron chi connectivity index (χ4n) is 3.76. The van der Waals surface area contributed by atoms with Crippen molar-refractivity contribution in [2.24, 2.45) is 7.05 Å². The van der Waals surface area contributed by atoms with Crippen molar-refractivity contribution in [2.45, 2.75) is 25.0 Å². The molecule has 0 aliphatic carbocycles. The van der Waals surface area contributed by atoms with Gasteiger partial charge in [-0.3, -0.25) is 4.68 Å². The maximum absolute atomic E-state index is 14.7. The fourth-order valence-corrected chi connectivity index (χ4v) is 3.76. The van der Waals surface area contributed by atoms with E-state index in [4.69, 9.17) is 0 Å². The minimum Gasteiger partial charge on any atom is -0.382 e. The van der Waals surface area contributed by atoms with Crippen LogP contribution in [0.15, 0.2) is 67.4 Å². The molecule has 2 heterocycles. The monoisotopic (exact) mass is 435 g/mol. The van der Waals surface area contributed by atoms with E-state index in [1.807, 2.05) is 49.5 Å². The largest absolute Gasteiger partial charge is 0.382 e. The molecule has 1 N–H and O–H groups in total. The molecule has 0 spiro atoms. The highest BCUT2D eigenvalue weighted by atomic mass is 19.1. The number of aryl methyl sites for hydroxylation is 1. The van der Waals surface area contributed by atoms with Gasteiger partial charge in [-0.15, -0.1) is 0 Å². The van der Waals surface area contributed by atoms with Gasteiger partial charge in [-0.2, -0.15) is 10.2 Å². The van der Waals surface area contributed by atoms with Crippen molar-refractivity contribution >= 4 is 12.2 Å². The van der Waals surface area contributed by atoms with Gasteiger partial charge >= 0.3 is 0 Å². The smallest absolute Gasteiger partial charge is 0.137 e. The Morgan fingerprint density at radius 1 is 1.06 bits per heavy atom. The number of hydrogen-bond acceptors (Lipinski definition) is 4. The third-order valence-electron chi connectivity index (χ3n) is 5.73. The lowest BCUT2D eigenvalue weighted by molar-refractivity contribution is -0.0112. The van der Waals surface area contributed by atoms with Crippen molar-refractivity contribution in [3.63, 3.8) is 0 Å². The normalized spacial score (nSPS) is 14.5. The van der Waals surface area contributed by atoms with Crippen molar-refractivity contribution in [1.82, 2.24) is 24.5 Å². The minimum atomic E-state index is -1.68. The number of hydrogen-bond donors (Lipinski definition) is 1. The Hall–Kier alpha value is -3.65.